The highest BCUT2D eigenvalue weighted by Crippen LogP contribution is 2.36. The zero-order chi connectivity index (χ0) is 19.5. The SMILES string of the molecule is CCOC(C)OCC(CC#CC(=O)OC)(c1ccccc1)c1ccccc1. The summed E-state index contributed by atoms with van der Waals surface area (Å²) in [6, 6.07) is 20.1. The molecular weight excluding hydrogens is 340 g/mol. The first-order valence-electron chi connectivity index (χ1n) is 9.03. The van der Waals surface area contributed by atoms with Gasteiger partial charge in [0.2, 0.25) is 0 Å². The standard InChI is InChI=1S/C23H26O4/c1-4-26-19(2)27-18-23(17-11-16-22(24)25-3,20-12-7-5-8-13-20)21-14-9-6-10-15-21/h5-10,12-15,19H,4,17-18H2,1-3H3. The molecule has 0 aliphatic carbocycles. The predicted octanol–water partition coefficient (Wildman–Crippen LogP) is 3.94. The monoisotopic (exact) mass is 366 g/mol. The molecule has 0 heterocycles. The average Bonchev–Trinajstić information content (AvgIpc) is 2.72. The van der Waals surface area contributed by atoms with Crippen LogP contribution in [0.25, 0.3) is 0 Å². The van der Waals surface area contributed by atoms with Crippen LogP contribution >= 0.6 is 0 Å². The summed E-state index contributed by atoms with van der Waals surface area (Å²) in [6.07, 6.45) is 0.0741. The lowest BCUT2D eigenvalue weighted by Gasteiger charge is -2.34. The summed E-state index contributed by atoms with van der Waals surface area (Å²) in [5, 5.41) is 0. The summed E-state index contributed by atoms with van der Waals surface area (Å²) in [4.78, 5) is 11.5. The van der Waals surface area contributed by atoms with Gasteiger partial charge in [0.1, 0.15) is 0 Å². The van der Waals surface area contributed by atoms with Gasteiger partial charge < -0.3 is 14.2 Å². The molecule has 0 N–H and O–H groups in total. The molecule has 0 bridgehead atoms. The maximum Gasteiger partial charge on any atom is 0.384 e. The van der Waals surface area contributed by atoms with E-state index >= 15 is 0 Å². The third-order valence-corrected chi connectivity index (χ3v) is 4.38. The highest BCUT2D eigenvalue weighted by molar-refractivity contribution is 5.88. The zero-order valence-corrected chi connectivity index (χ0v) is 16.1. The second-order valence-corrected chi connectivity index (χ2v) is 6.12. The van der Waals surface area contributed by atoms with Gasteiger partial charge in [-0.3, -0.25) is 0 Å². The summed E-state index contributed by atoms with van der Waals surface area (Å²) < 4.78 is 16.2. The number of rotatable bonds is 8. The minimum atomic E-state index is -0.548. The van der Waals surface area contributed by atoms with Crippen LogP contribution in [-0.2, 0) is 24.4 Å². The number of hydrogen-bond donors (Lipinski definition) is 0. The van der Waals surface area contributed by atoms with Crippen LogP contribution in [0.5, 0.6) is 0 Å². The maximum absolute atomic E-state index is 11.5. The Morgan fingerprint density at radius 1 is 1.00 bits per heavy atom. The molecule has 142 valence electrons. The molecule has 0 fully saturated rings. The molecule has 0 aromatic heterocycles. The van der Waals surface area contributed by atoms with E-state index in [4.69, 9.17) is 9.47 Å². The molecule has 2 rings (SSSR count). The molecule has 1 unspecified atom stereocenters. The molecule has 4 heteroatoms. The number of benzene rings is 2. The van der Waals surface area contributed by atoms with E-state index in [0.29, 0.717) is 19.6 Å². The second-order valence-electron chi connectivity index (χ2n) is 6.12. The summed E-state index contributed by atoms with van der Waals surface area (Å²) in [7, 11) is 1.32. The average molecular weight is 366 g/mol. The van der Waals surface area contributed by atoms with Gasteiger partial charge in [0.25, 0.3) is 0 Å². The van der Waals surface area contributed by atoms with Crippen molar-refractivity contribution in [3.63, 3.8) is 0 Å². The van der Waals surface area contributed by atoms with Gasteiger partial charge in [-0.25, -0.2) is 4.79 Å². The zero-order valence-electron chi connectivity index (χ0n) is 16.1. The van der Waals surface area contributed by atoms with Crippen LogP contribution in [0.4, 0.5) is 0 Å². The fraction of sp³-hybridized carbons (Fsp3) is 0.348. The van der Waals surface area contributed by atoms with Crippen molar-refractivity contribution in [2.24, 2.45) is 0 Å². The van der Waals surface area contributed by atoms with Gasteiger partial charge in [0.05, 0.1) is 19.1 Å². The van der Waals surface area contributed by atoms with Crippen LogP contribution in [-0.4, -0.2) is 32.6 Å². The van der Waals surface area contributed by atoms with Crippen LogP contribution in [0.1, 0.15) is 31.4 Å². The van der Waals surface area contributed by atoms with Crippen LogP contribution in [0.2, 0.25) is 0 Å². The van der Waals surface area contributed by atoms with Gasteiger partial charge in [-0.15, -0.1) is 0 Å². The minimum absolute atomic E-state index is 0.338. The van der Waals surface area contributed by atoms with Gasteiger partial charge in [0, 0.05) is 18.9 Å². The molecule has 2 aromatic rings. The molecule has 0 amide bonds. The van der Waals surface area contributed by atoms with Crippen molar-refractivity contribution in [2.45, 2.75) is 32.0 Å². The summed E-state index contributed by atoms with van der Waals surface area (Å²) in [5.74, 6) is 4.98. The van der Waals surface area contributed by atoms with Crippen molar-refractivity contribution >= 4 is 5.97 Å². The van der Waals surface area contributed by atoms with E-state index < -0.39 is 11.4 Å². The van der Waals surface area contributed by atoms with Gasteiger partial charge >= 0.3 is 5.97 Å². The highest BCUT2D eigenvalue weighted by Gasteiger charge is 2.34. The van der Waals surface area contributed by atoms with E-state index in [2.05, 4.69) is 40.8 Å². The van der Waals surface area contributed by atoms with Crippen molar-refractivity contribution in [1.82, 2.24) is 0 Å². The largest absolute Gasteiger partial charge is 0.459 e. The normalized spacial score (nSPS) is 12.0. The lowest BCUT2D eigenvalue weighted by Crippen LogP contribution is -2.35. The fourth-order valence-corrected chi connectivity index (χ4v) is 2.96. The first kappa shape index (κ1) is 20.7. The van der Waals surface area contributed by atoms with Gasteiger partial charge in [-0.05, 0) is 25.0 Å². The Morgan fingerprint density at radius 3 is 2.04 bits per heavy atom. The van der Waals surface area contributed by atoms with Crippen LogP contribution in [0, 0.1) is 11.8 Å². The van der Waals surface area contributed by atoms with Crippen molar-refractivity contribution < 1.29 is 19.0 Å². The predicted molar refractivity (Wildman–Crippen MR) is 105 cm³/mol. The molecular formula is C23H26O4. The third-order valence-electron chi connectivity index (χ3n) is 4.38. The van der Waals surface area contributed by atoms with Crippen molar-refractivity contribution in [2.75, 3.05) is 20.3 Å². The van der Waals surface area contributed by atoms with Gasteiger partial charge in [0.15, 0.2) is 6.29 Å². The minimum Gasteiger partial charge on any atom is -0.459 e. The fourth-order valence-electron chi connectivity index (χ4n) is 2.96. The van der Waals surface area contributed by atoms with Crippen molar-refractivity contribution in [3.05, 3.63) is 71.8 Å². The molecule has 0 aliphatic heterocycles. The maximum atomic E-state index is 11.5. The number of carbonyl (C=O) groups is 1. The Labute approximate surface area is 161 Å². The van der Waals surface area contributed by atoms with Crippen LogP contribution in [0.15, 0.2) is 60.7 Å². The lowest BCUT2D eigenvalue weighted by molar-refractivity contribution is -0.136. The first-order valence-corrected chi connectivity index (χ1v) is 9.03. The Kier molecular flexibility index (Phi) is 8.06. The Bertz CT molecular complexity index is 720. The number of methoxy groups -OCH3 is 1. The van der Waals surface area contributed by atoms with E-state index in [1.165, 1.54) is 7.11 Å². The molecule has 0 saturated carbocycles. The second kappa shape index (κ2) is 10.5. The number of carbonyl (C=O) groups excluding carboxylic acids is 1. The molecule has 2 aromatic carbocycles. The number of ether oxygens (including phenoxy) is 3. The van der Waals surface area contributed by atoms with E-state index in [-0.39, 0.29) is 6.29 Å². The van der Waals surface area contributed by atoms with Gasteiger partial charge in [-0.1, -0.05) is 66.6 Å². The van der Waals surface area contributed by atoms with Crippen molar-refractivity contribution in [3.8, 4) is 11.8 Å². The lowest BCUT2D eigenvalue weighted by atomic mass is 9.72. The number of hydrogen-bond acceptors (Lipinski definition) is 4. The summed E-state index contributed by atoms with van der Waals surface area (Å²) in [5.41, 5.74) is 1.60. The molecule has 0 aliphatic rings. The number of esters is 1. The third kappa shape index (κ3) is 5.68. The quantitative estimate of drug-likeness (QED) is 0.307. The molecule has 1 atom stereocenters. The Morgan fingerprint density at radius 2 is 1.56 bits per heavy atom. The van der Waals surface area contributed by atoms with Crippen molar-refractivity contribution in [1.29, 1.82) is 0 Å². The smallest absolute Gasteiger partial charge is 0.384 e. The molecule has 0 radical (unpaired) electrons. The Balaban J connectivity index is 2.47. The molecule has 0 saturated heterocycles. The summed E-state index contributed by atoms with van der Waals surface area (Å²) in [6.45, 7) is 4.76. The molecule has 0 spiro atoms. The topological polar surface area (TPSA) is 44.8 Å². The highest BCUT2D eigenvalue weighted by atomic mass is 16.7. The van der Waals surface area contributed by atoms with E-state index in [0.717, 1.165) is 11.1 Å². The summed E-state index contributed by atoms with van der Waals surface area (Å²) >= 11 is 0. The van der Waals surface area contributed by atoms with Crippen LogP contribution < -0.4 is 0 Å². The van der Waals surface area contributed by atoms with E-state index in [1.54, 1.807) is 0 Å². The first-order chi connectivity index (χ1) is 13.1. The Hall–Kier alpha value is -2.61. The van der Waals surface area contributed by atoms with E-state index in [9.17, 15) is 4.79 Å². The van der Waals surface area contributed by atoms with Crippen LogP contribution in [0.3, 0.4) is 0 Å². The molecule has 27 heavy (non-hydrogen) atoms. The van der Waals surface area contributed by atoms with E-state index in [1.807, 2.05) is 50.2 Å². The van der Waals surface area contributed by atoms with Gasteiger partial charge in [-0.2, -0.15) is 0 Å². The molecule has 4 nitrogen and oxygen atoms in total.